The van der Waals surface area contributed by atoms with E-state index in [1.165, 1.54) is 0 Å². The van der Waals surface area contributed by atoms with Crippen LogP contribution in [-0.2, 0) is 9.47 Å². The van der Waals surface area contributed by atoms with Gasteiger partial charge in [-0.1, -0.05) is 0 Å². The lowest BCUT2D eigenvalue weighted by molar-refractivity contribution is 0.0527. The second kappa shape index (κ2) is 6.81. The summed E-state index contributed by atoms with van der Waals surface area (Å²) in [6, 6.07) is 0.483. The third-order valence-corrected chi connectivity index (χ3v) is 2.38. The molecular formula is C12H24N2O3. The molecule has 0 radical (unpaired) electrons. The Balaban J connectivity index is 1.94. The van der Waals surface area contributed by atoms with Gasteiger partial charge in [-0.3, -0.25) is 0 Å². The van der Waals surface area contributed by atoms with E-state index in [1.807, 2.05) is 20.8 Å². The number of alkyl carbamates (subject to hydrolysis) is 1. The quantitative estimate of drug-likeness (QED) is 0.715. The fraction of sp³-hybridized carbons (Fsp3) is 0.917. The van der Waals surface area contributed by atoms with E-state index in [9.17, 15) is 4.79 Å². The molecule has 100 valence electrons. The van der Waals surface area contributed by atoms with Crippen LogP contribution in [0.2, 0.25) is 0 Å². The molecule has 1 aliphatic heterocycles. The molecule has 1 heterocycles. The number of carbonyl (C=O) groups is 1. The van der Waals surface area contributed by atoms with Crippen LogP contribution in [0.5, 0.6) is 0 Å². The first kappa shape index (κ1) is 14.3. The topological polar surface area (TPSA) is 59.6 Å². The molecule has 1 fully saturated rings. The molecule has 2 N–H and O–H groups in total. The summed E-state index contributed by atoms with van der Waals surface area (Å²) in [4.78, 5) is 11.3. The monoisotopic (exact) mass is 244 g/mol. The van der Waals surface area contributed by atoms with Crippen molar-refractivity contribution in [2.75, 3.05) is 26.3 Å². The predicted octanol–water partition coefficient (Wildman–Crippen LogP) is 1.28. The summed E-state index contributed by atoms with van der Waals surface area (Å²) < 4.78 is 10.4. The zero-order valence-corrected chi connectivity index (χ0v) is 11.0. The van der Waals surface area contributed by atoms with Gasteiger partial charge in [-0.05, 0) is 40.2 Å². The summed E-state index contributed by atoms with van der Waals surface area (Å²) in [6.07, 6.45) is 1.64. The summed E-state index contributed by atoms with van der Waals surface area (Å²) in [5, 5.41) is 6.12. The average Bonchev–Trinajstić information content (AvgIpc) is 2.67. The van der Waals surface area contributed by atoms with Gasteiger partial charge >= 0.3 is 6.09 Å². The first-order valence-electron chi connectivity index (χ1n) is 6.25. The number of hydrogen-bond acceptors (Lipinski definition) is 4. The Bertz CT molecular complexity index is 232. The summed E-state index contributed by atoms with van der Waals surface area (Å²) in [5.74, 6) is 0. The number of rotatable bonds is 5. The van der Waals surface area contributed by atoms with E-state index in [0.717, 1.165) is 32.6 Å². The van der Waals surface area contributed by atoms with E-state index in [4.69, 9.17) is 9.47 Å². The van der Waals surface area contributed by atoms with Crippen LogP contribution in [0.4, 0.5) is 4.79 Å². The van der Waals surface area contributed by atoms with Crippen molar-refractivity contribution in [2.24, 2.45) is 0 Å². The molecule has 1 saturated heterocycles. The van der Waals surface area contributed by atoms with Crippen molar-refractivity contribution in [1.82, 2.24) is 10.6 Å². The normalized spacial score (nSPS) is 20.3. The maximum absolute atomic E-state index is 11.3. The van der Waals surface area contributed by atoms with Gasteiger partial charge in [-0.15, -0.1) is 0 Å². The van der Waals surface area contributed by atoms with Crippen molar-refractivity contribution in [3.63, 3.8) is 0 Å². The van der Waals surface area contributed by atoms with Crippen LogP contribution in [0.3, 0.4) is 0 Å². The molecule has 1 atom stereocenters. The fourth-order valence-corrected chi connectivity index (χ4v) is 1.59. The summed E-state index contributed by atoms with van der Waals surface area (Å²) in [7, 11) is 0. The smallest absolute Gasteiger partial charge is 0.407 e. The molecule has 1 rings (SSSR count). The average molecular weight is 244 g/mol. The molecule has 5 nitrogen and oxygen atoms in total. The number of hydrogen-bond donors (Lipinski definition) is 2. The van der Waals surface area contributed by atoms with Crippen LogP contribution >= 0.6 is 0 Å². The Labute approximate surface area is 103 Å². The van der Waals surface area contributed by atoms with Crippen LogP contribution < -0.4 is 10.6 Å². The van der Waals surface area contributed by atoms with Crippen molar-refractivity contribution in [3.8, 4) is 0 Å². The summed E-state index contributed by atoms with van der Waals surface area (Å²) in [5.41, 5.74) is -0.427. The van der Waals surface area contributed by atoms with Gasteiger partial charge in [0.05, 0.1) is 6.61 Å². The summed E-state index contributed by atoms with van der Waals surface area (Å²) >= 11 is 0. The highest BCUT2D eigenvalue weighted by Gasteiger charge is 2.16. The van der Waals surface area contributed by atoms with Gasteiger partial charge in [0.15, 0.2) is 0 Å². The van der Waals surface area contributed by atoms with Crippen molar-refractivity contribution >= 4 is 6.09 Å². The largest absolute Gasteiger partial charge is 0.444 e. The Morgan fingerprint density at radius 3 is 2.76 bits per heavy atom. The van der Waals surface area contributed by atoms with E-state index >= 15 is 0 Å². The first-order chi connectivity index (χ1) is 7.97. The molecule has 1 amide bonds. The number of nitrogens with one attached hydrogen (secondary N) is 2. The van der Waals surface area contributed by atoms with E-state index in [-0.39, 0.29) is 6.09 Å². The second-order valence-corrected chi connectivity index (χ2v) is 5.30. The van der Waals surface area contributed by atoms with Crippen molar-refractivity contribution < 1.29 is 14.3 Å². The first-order valence-corrected chi connectivity index (χ1v) is 6.25. The van der Waals surface area contributed by atoms with Crippen LogP contribution in [0.15, 0.2) is 0 Å². The SMILES string of the molecule is CC(C)(C)OC(=O)NCCCNC1CCOC1. The Kier molecular flexibility index (Phi) is 5.71. The van der Waals surface area contributed by atoms with Crippen LogP contribution in [0.25, 0.3) is 0 Å². The van der Waals surface area contributed by atoms with Crippen molar-refractivity contribution in [3.05, 3.63) is 0 Å². The molecule has 0 spiro atoms. The lowest BCUT2D eigenvalue weighted by atomic mass is 10.2. The zero-order valence-electron chi connectivity index (χ0n) is 11.0. The van der Waals surface area contributed by atoms with Gasteiger partial charge in [-0.2, -0.15) is 0 Å². The highest BCUT2D eigenvalue weighted by atomic mass is 16.6. The molecular weight excluding hydrogens is 220 g/mol. The fourth-order valence-electron chi connectivity index (χ4n) is 1.59. The number of amides is 1. The molecule has 0 bridgehead atoms. The van der Waals surface area contributed by atoms with Crippen molar-refractivity contribution in [1.29, 1.82) is 0 Å². The molecule has 0 aliphatic carbocycles. The minimum absolute atomic E-state index is 0.346. The Hall–Kier alpha value is -0.810. The molecule has 0 aromatic heterocycles. The molecule has 0 aromatic rings. The molecule has 17 heavy (non-hydrogen) atoms. The number of carbonyl (C=O) groups excluding carboxylic acids is 1. The maximum Gasteiger partial charge on any atom is 0.407 e. The minimum atomic E-state index is -0.427. The standard InChI is InChI=1S/C12H24N2O3/c1-12(2,3)17-11(15)14-7-4-6-13-10-5-8-16-9-10/h10,13H,4-9H2,1-3H3,(H,14,15). The van der Waals surface area contributed by atoms with Gasteiger partial charge in [-0.25, -0.2) is 4.79 Å². The van der Waals surface area contributed by atoms with Crippen LogP contribution in [0, 0.1) is 0 Å². The highest BCUT2D eigenvalue weighted by Crippen LogP contribution is 2.06. The maximum atomic E-state index is 11.3. The van der Waals surface area contributed by atoms with Gasteiger partial charge < -0.3 is 20.1 Å². The van der Waals surface area contributed by atoms with Gasteiger partial charge in [0.1, 0.15) is 5.60 Å². The molecule has 1 aliphatic rings. The molecule has 0 aromatic carbocycles. The minimum Gasteiger partial charge on any atom is -0.444 e. The van der Waals surface area contributed by atoms with Crippen LogP contribution in [-0.4, -0.2) is 44.0 Å². The van der Waals surface area contributed by atoms with Gasteiger partial charge in [0.2, 0.25) is 0 Å². The van der Waals surface area contributed by atoms with E-state index in [2.05, 4.69) is 10.6 Å². The number of ether oxygens (including phenoxy) is 2. The van der Waals surface area contributed by atoms with E-state index < -0.39 is 5.60 Å². The predicted molar refractivity (Wildman–Crippen MR) is 66.1 cm³/mol. The van der Waals surface area contributed by atoms with Gasteiger partial charge in [0.25, 0.3) is 0 Å². The molecule has 0 saturated carbocycles. The van der Waals surface area contributed by atoms with E-state index in [0.29, 0.717) is 12.6 Å². The lowest BCUT2D eigenvalue weighted by Gasteiger charge is -2.19. The van der Waals surface area contributed by atoms with E-state index in [1.54, 1.807) is 0 Å². The third kappa shape index (κ3) is 7.18. The van der Waals surface area contributed by atoms with Crippen molar-refractivity contribution in [2.45, 2.75) is 45.3 Å². The Morgan fingerprint density at radius 1 is 1.41 bits per heavy atom. The lowest BCUT2D eigenvalue weighted by Crippen LogP contribution is -2.35. The molecule has 1 unspecified atom stereocenters. The zero-order chi connectivity index (χ0) is 12.7. The summed E-state index contributed by atoms with van der Waals surface area (Å²) in [6.45, 7) is 8.75. The van der Waals surface area contributed by atoms with Gasteiger partial charge in [0, 0.05) is 19.2 Å². The highest BCUT2D eigenvalue weighted by molar-refractivity contribution is 5.67. The Morgan fingerprint density at radius 2 is 2.18 bits per heavy atom. The second-order valence-electron chi connectivity index (χ2n) is 5.30. The third-order valence-electron chi connectivity index (χ3n) is 2.38. The molecule has 5 heteroatoms. The van der Waals surface area contributed by atoms with Crippen LogP contribution in [0.1, 0.15) is 33.6 Å².